The van der Waals surface area contributed by atoms with Crippen molar-refractivity contribution >= 4 is 23.4 Å². The average molecular weight is 294 g/mol. The number of aromatic nitrogens is 1. The highest BCUT2D eigenvalue weighted by Crippen LogP contribution is 2.23. The van der Waals surface area contributed by atoms with Gasteiger partial charge < -0.3 is 20.7 Å². The number of nitrogens with one attached hydrogen (secondary N) is 1. The Morgan fingerprint density at radius 1 is 1.48 bits per heavy atom. The van der Waals surface area contributed by atoms with Gasteiger partial charge in [0.15, 0.2) is 5.82 Å². The lowest BCUT2D eigenvalue weighted by atomic mass is 10.2. The molecule has 1 heterocycles. The number of nitrogens with zero attached hydrogens (tertiary/aromatic N) is 2. The van der Waals surface area contributed by atoms with E-state index in [9.17, 15) is 9.59 Å². The van der Waals surface area contributed by atoms with Crippen LogP contribution >= 0.6 is 0 Å². The van der Waals surface area contributed by atoms with Crippen LogP contribution in [0.15, 0.2) is 12.3 Å². The molecule has 1 amide bonds. The van der Waals surface area contributed by atoms with Crippen LogP contribution in [-0.4, -0.2) is 43.1 Å². The minimum absolute atomic E-state index is 0.0575. The van der Waals surface area contributed by atoms with E-state index in [1.54, 1.807) is 18.9 Å². The second-order valence-corrected chi connectivity index (χ2v) is 4.89. The van der Waals surface area contributed by atoms with Crippen LogP contribution < -0.4 is 16.0 Å². The fraction of sp³-hybridized carbons (Fsp3) is 0.500. The molecular weight excluding hydrogens is 272 g/mol. The number of hydrogen-bond donors (Lipinski definition) is 2. The van der Waals surface area contributed by atoms with Crippen LogP contribution in [0.3, 0.4) is 0 Å². The predicted molar refractivity (Wildman–Crippen MR) is 81.2 cm³/mol. The largest absolute Gasteiger partial charge is 0.462 e. The Balaban J connectivity index is 2.90. The second kappa shape index (κ2) is 7.47. The van der Waals surface area contributed by atoms with Crippen molar-refractivity contribution < 1.29 is 14.3 Å². The molecule has 116 valence electrons. The standard InChI is InChI=1S/C14H22N4O3/c1-5-21-14(20)10-6-7-16-13(12(10)15)18(4)8-11(19)17-9(2)3/h6-7,9H,5,8,15H2,1-4H3,(H,17,19). The smallest absolute Gasteiger partial charge is 0.340 e. The van der Waals surface area contributed by atoms with Crippen molar-refractivity contribution in [3.8, 4) is 0 Å². The molecule has 0 radical (unpaired) electrons. The average Bonchev–Trinajstić information content (AvgIpc) is 2.37. The molecule has 3 N–H and O–H groups in total. The zero-order valence-corrected chi connectivity index (χ0v) is 12.8. The van der Waals surface area contributed by atoms with Gasteiger partial charge in [-0.2, -0.15) is 0 Å². The second-order valence-electron chi connectivity index (χ2n) is 4.89. The van der Waals surface area contributed by atoms with Crippen LogP contribution in [0.25, 0.3) is 0 Å². The Hall–Kier alpha value is -2.31. The molecule has 0 aliphatic heterocycles. The zero-order chi connectivity index (χ0) is 16.0. The van der Waals surface area contributed by atoms with Crippen LogP contribution in [0.4, 0.5) is 11.5 Å². The first kappa shape index (κ1) is 16.7. The first-order valence-electron chi connectivity index (χ1n) is 6.78. The molecule has 1 aromatic rings. The number of nitrogen functional groups attached to an aromatic ring is 1. The van der Waals surface area contributed by atoms with Crippen LogP contribution in [-0.2, 0) is 9.53 Å². The number of amides is 1. The van der Waals surface area contributed by atoms with E-state index < -0.39 is 5.97 Å². The van der Waals surface area contributed by atoms with Crippen LogP contribution in [0.5, 0.6) is 0 Å². The summed E-state index contributed by atoms with van der Waals surface area (Å²) < 4.78 is 4.93. The number of carbonyl (C=O) groups is 2. The molecule has 0 saturated carbocycles. The first-order chi connectivity index (χ1) is 9.86. The lowest BCUT2D eigenvalue weighted by Crippen LogP contribution is -2.39. The highest BCUT2D eigenvalue weighted by molar-refractivity contribution is 5.98. The normalized spacial score (nSPS) is 10.3. The topological polar surface area (TPSA) is 97.5 Å². The van der Waals surface area contributed by atoms with Crippen molar-refractivity contribution in [3.63, 3.8) is 0 Å². The molecule has 1 rings (SSSR count). The predicted octanol–water partition coefficient (Wildman–Crippen LogP) is 0.801. The molecule has 0 aromatic carbocycles. The van der Waals surface area contributed by atoms with Crippen molar-refractivity contribution in [1.82, 2.24) is 10.3 Å². The van der Waals surface area contributed by atoms with Gasteiger partial charge in [0.25, 0.3) is 0 Å². The Morgan fingerprint density at radius 3 is 2.71 bits per heavy atom. The van der Waals surface area contributed by atoms with E-state index in [-0.39, 0.29) is 36.4 Å². The summed E-state index contributed by atoms with van der Waals surface area (Å²) in [5.74, 6) is -0.270. The van der Waals surface area contributed by atoms with Gasteiger partial charge in [-0.15, -0.1) is 0 Å². The summed E-state index contributed by atoms with van der Waals surface area (Å²) in [4.78, 5) is 29.3. The van der Waals surface area contributed by atoms with E-state index in [1.807, 2.05) is 13.8 Å². The number of rotatable bonds is 6. The number of pyridine rings is 1. The fourth-order valence-electron chi connectivity index (χ4n) is 1.81. The molecule has 7 heteroatoms. The quantitative estimate of drug-likeness (QED) is 0.753. The molecule has 0 aliphatic carbocycles. The maximum Gasteiger partial charge on any atom is 0.340 e. The molecule has 0 unspecified atom stereocenters. The maximum atomic E-state index is 11.8. The van der Waals surface area contributed by atoms with E-state index in [2.05, 4.69) is 10.3 Å². The molecule has 7 nitrogen and oxygen atoms in total. The Bertz CT molecular complexity index is 517. The minimum Gasteiger partial charge on any atom is -0.462 e. The molecule has 21 heavy (non-hydrogen) atoms. The molecule has 1 aromatic heterocycles. The summed E-state index contributed by atoms with van der Waals surface area (Å²) >= 11 is 0. The molecule has 0 bridgehead atoms. The summed E-state index contributed by atoms with van der Waals surface area (Å²) in [7, 11) is 1.69. The number of nitrogens with two attached hydrogens (primary N) is 1. The molecule has 0 spiro atoms. The lowest BCUT2D eigenvalue weighted by Gasteiger charge is -2.21. The Labute approximate surface area is 124 Å². The van der Waals surface area contributed by atoms with E-state index >= 15 is 0 Å². The number of ether oxygens (including phenoxy) is 1. The maximum absolute atomic E-state index is 11.8. The minimum atomic E-state index is -0.501. The van der Waals surface area contributed by atoms with Crippen molar-refractivity contribution in [2.24, 2.45) is 0 Å². The van der Waals surface area contributed by atoms with Gasteiger partial charge in [-0.3, -0.25) is 4.79 Å². The van der Waals surface area contributed by atoms with E-state index in [0.29, 0.717) is 5.82 Å². The molecule has 0 atom stereocenters. The monoisotopic (exact) mass is 294 g/mol. The summed E-state index contributed by atoms with van der Waals surface area (Å²) in [5, 5.41) is 2.78. The first-order valence-corrected chi connectivity index (χ1v) is 6.78. The third-order valence-electron chi connectivity index (χ3n) is 2.66. The van der Waals surface area contributed by atoms with Crippen LogP contribution in [0.2, 0.25) is 0 Å². The van der Waals surface area contributed by atoms with Gasteiger partial charge in [-0.25, -0.2) is 9.78 Å². The van der Waals surface area contributed by atoms with Gasteiger partial charge in [-0.05, 0) is 26.8 Å². The summed E-state index contributed by atoms with van der Waals surface area (Å²) in [6, 6.07) is 1.56. The van der Waals surface area contributed by atoms with Gasteiger partial charge in [0.1, 0.15) is 0 Å². The van der Waals surface area contributed by atoms with Crippen LogP contribution in [0.1, 0.15) is 31.1 Å². The van der Waals surface area contributed by atoms with Gasteiger partial charge >= 0.3 is 5.97 Å². The van der Waals surface area contributed by atoms with Crippen molar-refractivity contribution in [3.05, 3.63) is 17.8 Å². The van der Waals surface area contributed by atoms with Gasteiger partial charge in [0.05, 0.1) is 24.4 Å². The number of carbonyl (C=O) groups excluding carboxylic acids is 2. The van der Waals surface area contributed by atoms with E-state index in [4.69, 9.17) is 10.5 Å². The number of esters is 1. The van der Waals surface area contributed by atoms with Crippen molar-refractivity contribution in [2.45, 2.75) is 26.8 Å². The lowest BCUT2D eigenvalue weighted by molar-refractivity contribution is -0.120. The van der Waals surface area contributed by atoms with E-state index in [0.717, 1.165) is 0 Å². The van der Waals surface area contributed by atoms with Crippen molar-refractivity contribution in [2.75, 3.05) is 30.8 Å². The summed E-state index contributed by atoms with van der Waals surface area (Å²) in [5.41, 5.74) is 6.41. The van der Waals surface area contributed by atoms with Gasteiger partial charge in [0.2, 0.25) is 5.91 Å². The summed E-state index contributed by atoms with van der Waals surface area (Å²) in [6.45, 7) is 5.85. The Kier molecular flexibility index (Phi) is 5.95. The van der Waals surface area contributed by atoms with Crippen molar-refractivity contribution in [1.29, 1.82) is 0 Å². The Morgan fingerprint density at radius 2 is 2.14 bits per heavy atom. The molecule has 0 aliphatic rings. The third kappa shape index (κ3) is 4.62. The highest BCUT2D eigenvalue weighted by atomic mass is 16.5. The zero-order valence-electron chi connectivity index (χ0n) is 12.8. The number of anilines is 2. The highest BCUT2D eigenvalue weighted by Gasteiger charge is 2.18. The van der Waals surface area contributed by atoms with Crippen LogP contribution in [0, 0.1) is 0 Å². The number of hydrogen-bond acceptors (Lipinski definition) is 6. The number of likely N-dealkylation sites (N-methyl/N-ethyl adjacent to an activating group) is 1. The fourth-order valence-corrected chi connectivity index (χ4v) is 1.81. The molecule has 0 fully saturated rings. The van der Waals surface area contributed by atoms with E-state index in [1.165, 1.54) is 12.3 Å². The molecular formula is C14H22N4O3. The SMILES string of the molecule is CCOC(=O)c1ccnc(N(C)CC(=O)NC(C)C)c1N. The van der Waals surface area contributed by atoms with Gasteiger partial charge in [-0.1, -0.05) is 0 Å². The third-order valence-corrected chi connectivity index (χ3v) is 2.66. The summed E-state index contributed by atoms with van der Waals surface area (Å²) in [6.07, 6.45) is 1.47. The van der Waals surface area contributed by atoms with Gasteiger partial charge in [0, 0.05) is 19.3 Å². The molecule has 0 saturated heterocycles.